The summed E-state index contributed by atoms with van der Waals surface area (Å²) >= 11 is 7.56. The second kappa shape index (κ2) is 6.55. The fraction of sp³-hybridized carbons (Fsp3) is 0.105. The van der Waals surface area contributed by atoms with E-state index in [0.717, 1.165) is 22.0 Å². The molecule has 26 heavy (non-hydrogen) atoms. The highest BCUT2D eigenvalue weighted by atomic mass is 35.5. The molecule has 130 valence electrons. The van der Waals surface area contributed by atoms with Gasteiger partial charge in [0.05, 0.1) is 11.4 Å². The Balaban J connectivity index is 1.74. The highest BCUT2D eigenvalue weighted by Gasteiger charge is 2.17. The third-order valence-corrected chi connectivity index (χ3v) is 5.22. The normalized spacial score (nSPS) is 11.0. The first kappa shape index (κ1) is 16.8. The molecule has 2 aromatic carbocycles. The second-order valence-corrected chi connectivity index (χ2v) is 7.37. The molecule has 0 saturated carbocycles. The van der Waals surface area contributed by atoms with Crippen LogP contribution in [0, 0.1) is 13.8 Å². The molecule has 0 radical (unpaired) electrons. The molecule has 0 aliphatic heterocycles. The third kappa shape index (κ3) is 2.98. The Labute approximate surface area is 160 Å². The lowest BCUT2D eigenvalue weighted by molar-refractivity contribution is 0.810. The minimum atomic E-state index is 0.439. The quantitative estimate of drug-likeness (QED) is 0.547. The van der Waals surface area contributed by atoms with Crippen molar-refractivity contribution in [2.24, 2.45) is 0 Å². The lowest BCUT2D eigenvalue weighted by Gasteiger charge is -2.04. The van der Waals surface area contributed by atoms with Crippen molar-refractivity contribution in [2.45, 2.75) is 13.8 Å². The van der Waals surface area contributed by atoms with Crippen molar-refractivity contribution in [2.75, 3.05) is 5.73 Å². The summed E-state index contributed by atoms with van der Waals surface area (Å²) in [5.74, 6) is 0.439. The summed E-state index contributed by atoms with van der Waals surface area (Å²) in [7, 11) is 0. The Kier molecular flexibility index (Phi) is 4.22. The fourth-order valence-corrected chi connectivity index (χ4v) is 3.75. The number of nitrogens with zero attached hydrogens (tertiary/aromatic N) is 4. The van der Waals surface area contributed by atoms with Crippen LogP contribution < -0.4 is 5.73 Å². The van der Waals surface area contributed by atoms with Crippen molar-refractivity contribution in [3.8, 4) is 27.6 Å². The topological polar surface area (TPSA) is 69.6 Å². The molecule has 0 bridgehead atoms. The van der Waals surface area contributed by atoms with Gasteiger partial charge in [-0.2, -0.15) is 4.68 Å². The van der Waals surface area contributed by atoms with E-state index in [1.165, 1.54) is 22.5 Å². The minimum absolute atomic E-state index is 0.439. The first-order chi connectivity index (χ1) is 12.5. The molecule has 2 heterocycles. The maximum atomic E-state index is 6.28. The number of anilines is 1. The Morgan fingerprint density at radius 1 is 1.12 bits per heavy atom. The number of thiazole rings is 1. The second-order valence-electron chi connectivity index (χ2n) is 6.07. The van der Waals surface area contributed by atoms with Gasteiger partial charge in [0.1, 0.15) is 5.01 Å². The predicted molar refractivity (Wildman–Crippen MR) is 107 cm³/mol. The number of aromatic nitrogens is 4. The van der Waals surface area contributed by atoms with Crippen molar-refractivity contribution in [3.63, 3.8) is 0 Å². The Morgan fingerprint density at radius 2 is 1.96 bits per heavy atom. The van der Waals surface area contributed by atoms with Crippen LogP contribution in [0.1, 0.15) is 11.1 Å². The van der Waals surface area contributed by atoms with E-state index in [1.807, 2.05) is 17.5 Å². The maximum Gasteiger partial charge on any atom is 0.165 e. The highest BCUT2D eigenvalue weighted by molar-refractivity contribution is 7.13. The van der Waals surface area contributed by atoms with Gasteiger partial charge in [-0.1, -0.05) is 40.6 Å². The van der Waals surface area contributed by atoms with Crippen LogP contribution in [0.2, 0.25) is 5.02 Å². The number of nitrogens with two attached hydrogens (primary N) is 1. The molecule has 0 amide bonds. The molecule has 7 heteroatoms. The molecule has 0 aliphatic carbocycles. The standard InChI is InChI=1S/C19H16ClN5S/c1-11-6-7-12(2)15(8-11)16-10-26-19(22-16)17-18(21)25(24-23-17)14-5-3-4-13(20)9-14/h3-10H,21H2,1-2H3. The molecule has 4 aromatic rings. The van der Waals surface area contributed by atoms with Crippen LogP contribution in [-0.4, -0.2) is 20.0 Å². The van der Waals surface area contributed by atoms with Crippen LogP contribution in [0.3, 0.4) is 0 Å². The average Bonchev–Trinajstić information content (AvgIpc) is 3.23. The van der Waals surface area contributed by atoms with E-state index in [-0.39, 0.29) is 0 Å². The number of aryl methyl sites for hydroxylation is 2. The molecule has 0 spiro atoms. The van der Waals surface area contributed by atoms with Gasteiger partial charge >= 0.3 is 0 Å². The van der Waals surface area contributed by atoms with Crippen LogP contribution in [0.4, 0.5) is 5.82 Å². The van der Waals surface area contributed by atoms with E-state index in [0.29, 0.717) is 16.5 Å². The van der Waals surface area contributed by atoms with Crippen LogP contribution >= 0.6 is 22.9 Å². The predicted octanol–water partition coefficient (Wildman–Crippen LogP) is 4.91. The average molecular weight is 382 g/mol. The molecule has 0 saturated heterocycles. The Morgan fingerprint density at radius 3 is 2.77 bits per heavy atom. The molecule has 5 nitrogen and oxygen atoms in total. The van der Waals surface area contributed by atoms with E-state index >= 15 is 0 Å². The number of rotatable bonds is 3. The molecule has 0 fully saturated rings. The first-order valence-corrected chi connectivity index (χ1v) is 9.29. The molecular formula is C19H16ClN5S. The fourth-order valence-electron chi connectivity index (χ4n) is 2.76. The van der Waals surface area contributed by atoms with Gasteiger partial charge in [-0.05, 0) is 43.7 Å². The molecule has 0 aliphatic rings. The van der Waals surface area contributed by atoms with Gasteiger partial charge in [-0.15, -0.1) is 16.4 Å². The van der Waals surface area contributed by atoms with Crippen molar-refractivity contribution < 1.29 is 0 Å². The zero-order chi connectivity index (χ0) is 18.3. The number of halogens is 1. The van der Waals surface area contributed by atoms with Gasteiger partial charge in [0.2, 0.25) is 0 Å². The first-order valence-electron chi connectivity index (χ1n) is 8.03. The summed E-state index contributed by atoms with van der Waals surface area (Å²) in [6, 6.07) is 13.7. The summed E-state index contributed by atoms with van der Waals surface area (Å²) in [5, 5.41) is 11.8. The van der Waals surface area contributed by atoms with Crippen molar-refractivity contribution in [1.29, 1.82) is 0 Å². The van der Waals surface area contributed by atoms with Gasteiger partial charge < -0.3 is 5.73 Å². The maximum absolute atomic E-state index is 6.28. The SMILES string of the molecule is Cc1ccc(C)c(-c2csc(-c3nnn(-c4cccc(Cl)c4)c3N)n2)c1. The number of hydrogen-bond donors (Lipinski definition) is 1. The summed E-state index contributed by atoms with van der Waals surface area (Å²) in [5.41, 5.74) is 12.0. The summed E-state index contributed by atoms with van der Waals surface area (Å²) in [6.45, 7) is 4.16. The number of benzene rings is 2. The lowest BCUT2D eigenvalue weighted by Crippen LogP contribution is -2.02. The highest BCUT2D eigenvalue weighted by Crippen LogP contribution is 2.33. The van der Waals surface area contributed by atoms with E-state index in [9.17, 15) is 0 Å². The van der Waals surface area contributed by atoms with Gasteiger partial charge in [-0.3, -0.25) is 0 Å². The van der Waals surface area contributed by atoms with Crippen LogP contribution in [0.15, 0.2) is 47.8 Å². The Hall–Kier alpha value is -2.70. The van der Waals surface area contributed by atoms with Gasteiger partial charge in [0.25, 0.3) is 0 Å². The van der Waals surface area contributed by atoms with Gasteiger partial charge in [0, 0.05) is 16.0 Å². The van der Waals surface area contributed by atoms with Crippen molar-refractivity contribution in [1.82, 2.24) is 20.0 Å². The minimum Gasteiger partial charge on any atom is -0.382 e. The zero-order valence-electron chi connectivity index (χ0n) is 14.3. The molecular weight excluding hydrogens is 366 g/mol. The smallest absolute Gasteiger partial charge is 0.165 e. The number of hydrogen-bond acceptors (Lipinski definition) is 5. The largest absolute Gasteiger partial charge is 0.382 e. The molecule has 2 N–H and O–H groups in total. The van der Waals surface area contributed by atoms with Crippen molar-refractivity contribution >= 4 is 28.8 Å². The summed E-state index contributed by atoms with van der Waals surface area (Å²) < 4.78 is 1.57. The van der Waals surface area contributed by atoms with Crippen LogP contribution in [-0.2, 0) is 0 Å². The van der Waals surface area contributed by atoms with Crippen LogP contribution in [0.5, 0.6) is 0 Å². The lowest BCUT2D eigenvalue weighted by atomic mass is 10.0. The molecule has 2 aromatic heterocycles. The van der Waals surface area contributed by atoms with E-state index < -0.39 is 0 Å². The number of nitrogen functional groups attached to an aromatic ring is 1. The van der Waals surface area contributed by atoms with Gasteiger partial charge in [0.15, 0.2) is 11.5 Å². The third-order valence-electron chi connectivity index (χ3n) is 4.13. The zero-order valence-corrected chi connectivity index (χ0v) is 15.8. The monoisotopic (exact) mass is 381 g/mol. The van der Waals surface area contributed by atoms with Crippen LogP contribution in [0.25, 0.3) is 27.6 Å². The summed E-state index contributed by atoms with van der Waals surface area (Å²) in [6.07, 6.45) is 0. The van der Waals surface area contributed by atoms with Crippen molar-refractivity contribution in [3.05, 3.63) is 64.0 Å². The van der Waals surface area contributed by atoms with E-state index in [4.69, 9.17) is 22.3 Å². The molecule has 4 rings (SSSR count). The van der Waals surface area contributed by atoms with E-state index in [1.54, 1.807) is 16.8 Å². The molecule has 0 unspecified atom stereocenters. The summed E-state index contributed by atoms with van der Waals surface area (Å²) in [4.78, 5) is 4.73. The Bertz CT molecular complexity index is 1100. The van der Waals surface area contributed by atoms with E-state index in [2.05, 4.69) is 42.4 Å². The molecule has 0 atom stereocenters. The van der Waals surface area contributed by atoms with Gasteiger partial charge in [-0.25, -0.2) is 4.98 Å².